The molecule has 5 heteroatoms. The summed E-state index contributed by atoms with van der Waals surface area (Å²) < 4.78 is 0. The lowest BCUT2D eigenvalue weighted by Crippen LogP contribution is -2.30. The first-order valence-electron chi connectivity index (χ1n) is 7.37. The minimum Gasteiger partial charge on any atom is -0.386 e. The van der Waals surface area contributed by atoms with Gasteiger partial charge in [0.25, 0.3) is 5.91 Å². The Labute approximate surface area is 141 Å². The molecule has 23 heavy (non-hydrogen) atoms. The smallest absolute Gasteiger partial charge is 0.260 e. The van der Waals surface area contributed by atoms with Crippen molar-refractivity contribution < 1.29 is 9.63 Å². The van der Waals surface area contributed by atoms with Crippen molar-refractivity contribution in [1.82, 2.24) is 5.32 Å². The molecule has 1 unspecified atom stereocenters. The van der Waals surface area contributed by atoms with E-state index in [0.717, 1.165) is 5.56 Å². The molecule has 120 valence electrons. The Hall–Kier alpha value is -2.33. The molecule has 0 aromatic heterocycles. The summed E-state index contributed by atoms with van der Waals surface area (Å²) in [4.78, 5) is 16.7. The summed E-state index contributed by atoms with van der Waals surface area (Å²) in [5.41, 5.74) is 2.04. The fourth-order valence-electron chi connectivity index (χ4n) is 1.96. The van der Waals surface area contributed by atoms with Crippen molar-refractivity contribution in [2.24, 2.45) is 5.16 Å². The van der Waals surface area contributed by atoms with E-state index < -0.39 is 0 Å². The number of hydrogen-bond donors (Lipinski definition) is 1. The molecule has 4 nitrogen and oxygen atoms in total. The summed E-state index contributed by atoms with van der Waals surface area (Å²) in [6.07, 6.45) is 1.54. The van der Waals surface area contributed by atoms with Crippen molar-refractivity contribution >= 4 is 23.7 Å². The number of halogens is 1. The van der Waals surface area contributed by atoms with Gasteiger partial charge >= 0.3 is 0 Å². The lowest BCUT2D eigenvalue weighted by Gasteiger charge is -2.12. The number of nitrogens with zero attached hydrogens (tertiary/aromatic N) is 1. The third-order valence-corrected chi connectivity index (χ3v) is 3.57. The van der Waals surface area contributed by atoms with Gasteiger partial charge in [0.15, 0.2) is 6.61 Å². The predicted octanol–water partition coefficient (Wildman–Crippen LogP) is 3.61. The Morgan fingerprint density at radius 2 is 1.91 bits per heavy atom. The maximum absolute atomic E-state index is 11.7. The van der Waals surface area contributed by atoms with E-state index in [1.165, 1.54) is 11.8 Å². The summed E-state index contributed by atoms with van der Waals surface area (Å²) in [5, 5.41) is 7.26. The molecule has 0 heterocycles. The molecule has 0 aliphatic carbocycles. The zero-order valence-electron chi connectivity index (χ0n) is 12.9. The van der Waals surface area contributed by atoms with Crippen LogP contribution in [0.2, 0.25) is 5.02 Å². The van der Waals surface area contributed by atoms with Crippen LogP contribution in [-0.4, -0.2) is 25.3 Å². The highest BCUT2D eigenvalue weighted by molar-refractivity contribution is 6.30. The van der Waals surface area contributed by atoms with Gasteiger partial charge in [0, 0.05) is 11.6 Å². The van der Waals surface area contributed by atoms with Gasteiger partial charge in [-0.15, -0.1) is 0 Å². The zero-order valence-corrected chi connectivity index (χ0v) is 13.7. The Balaban J connectivity index is 1.68. The summed E-state index contributed by atoms with van der Waals surface area (Å²) in [6, 6.07) is 17.2. The number of rotatable bonds is 7. The van der Waals surface area contributed by atoms with Gasteiger partial charge in [-0.25, -0.2) is 0 Å². The quantitative estimate of drug-likeness (QED) is 0.623. The van der Waals surface area contributed by atoms with Crippen LogP contribution in [0.25, 0.3) is 0 Å². The highest BCUT2D eigenvalue weighted by atomic mass is 35.5. The molecule has 0 fully saturated rings. The van der Waals surface area contributed by atoms with Crippen LogP contribution in [0.15, 0.2) is 59.8 Å². The molecule has 1 atom stereocenters. The standard InChI is InChI=1S/C18H19ClN2O2/c1-14(16-5-3-2-4-6-16)11-20-18(22)13-23-21-12-15-7-9-17(19)10-8-15/h2-10,12,14H,11,13H2,1H3,(H,20,22)/b21-12+. The molecule has 2 rings (SSSR count). The van der Waals surface area contributed by atoms with Gasteiger partial charge in [-0.05, 0) is 29.2 Å². The lowest BCUT2D eigenvalue weighted by molar-refractivity contribution is -0.125. The van der Waals surface area contributed by atoms with Crippen LogP contribution in [0.1, 0.15) is 24.0 Å². The molecule has 0 saturated carbocycles. The van der Waals surface area contributed by atoms with Gasteiger partial charge in [0.1, 0.15) is 0 Å². The molecule has 0 aliphatic heterocycles. The molecular formula is C18H19ClN2O2. The van der Waals surface area contributed by atoms with E-state index in [-0.39, 0.29) is 18.4 Å². The maximum atomic E-state index is 11.7. The number of nitrogens with one attached hydrogen (secondary N) is 1. The number of carbonyl (C=O) groups is 1. The van der Waals surface area contributed by atoms with Gasteiger partial charge in [-0.1, -0.05) is 66.1 Å². The Morgan fingerprint density at radius 3 is 2.61 bits per heavy atom. The normalized spacial score (nSPS) is 12.1. The van der Waals surface area contributed by atoms with E-state index in [1.807, 2.05) is 42.5 Å². The number of benzene rings is 2. The molecule has 0 saturated heterocycles. The monoisotopic (exact) mass is 330 g/mol. The number of hydrogen-bond acceptors (Lipinski definition) is 3. The van der Waals surface area contributed by atoms with E-state index in [9.17, 15) is 4.79 Å². The lowest BCUT2D eigenvalue weighted by atomic mass is 10.0. The van der Waals surface area contributed by atoms with E-state index in [4.69, 9.17) is 16.4 Å². The van der Waals surface area contributed by atoms with Crippen molar-refractivity contribution in [3.8, 4) is 0 Å². The van der Waals surface area contributed by atoms with Gasteiger partial charge in [-0.3, -0.25) is 4.79 Å². The molecule has 2 aromatic rings. The summed E-state index contributed by atoms with van der Waals surface area (Å²) in [6.45, 7) is 2.52. The van der Waals surface area contributed by atoms with Gasteiger partial charge in [0.2, 0.25) is 0 Å². The highest BCUT2D eigenvalue weighted by Crippen LogP contribution is 2.12. The molecule has 1 amide bonds. The first-order chi connectivity index (χ1) is 11.1. The van der Waals surface area contributed by atoms with E-state index in [0.29, 0.717) is 11.6 Å². The van der Waals surface area contributed by atoms with Crippen LogP contribution in [0.3, 0.4) is 0 Å². The molecule has 0 aliphatic rings. The van der Waals surface area contributed by atoms with Gasteiger partial charge in [-0.2, -0.15) is 0 Å². The second-order valence-electron chi connectivity index (χ2n) is 5.18. The third-order valence-electron chi connectivity index (χ3n) is 3.32. The Bertz CT molecular complexity index is 642. The number of carbonyl (C=O) groups excluding carboxylic acids is 1. The molecule has 1 N–H and O–H groups in total. The number of oxime groups is 1. The van der Waals surface area contributed by atoms with Crippen LogP contribution >= 0.6 is 11.6 Å². The average molecular weight is 331 g/mol. The van der Waals surface area contributed by atoms with Crippen molar-refractivity contribution in [3.05, 3.63) is 70.7 Å². The van der Waals surface area contributed by atoms with Crippen LogP contribution in [0.5, 0.6) is 0 Å². The van der Waals surface area contributed by atoms with Gasteiger partial charge in [0.05, 0.1) is 6.21 Å². The summed E-state index contributed by atoms with van der Waals surface area (Å²) >= 11 is 5.79. The second-order valence-corrected chi connectivity index (χ2v) is 5.61. The molecule has 2 aromatic carbocycles. The van der Waals surface area contributed by atoms with Gasteiger partial charge < -0.3 is 10.2 Å². The second kappa shape index (κ2) is 8.96. The summed E-state index contributed by atoms with van der Waals surface area (Å²) in [5.74, 6) is 0.0544. The highest BCUT2D eigenvalue weighted by Gasteiger charge is 2.07. The first-order valence-corrected chi connectivity index (χ1v) is 7.75. The molecule has 0 bridgehead atoms. The topological polar surface area (TPSA) is 50.7 Å². The number of amides is 1. The van der Waals surface area contributed by atoms with Crippen molar-refractivity contribution in [2.45, 2.75) is 12.8 Å². The predicted molar refractivity (Wildman–Crippen MR) is 92.9 cm³/mol. The van der Waals surface area contributed by atoms with E-state index in [1.54, 1.807) is 12.1 Å². The first kappa shape index (κ1) is 17.0. The van der Waals surface area contributed by atoms with Crippen molar-refractivity contribution in [2.75, 3.05) is 13.2 Å². The van der Waals surface area contributed by atoms with E-state index in [2.05, 4.69) is 17.4 Å². The van der Waals surface area contributed by atoms with Crippen molar-refractivity contribution in [1.29, 1.82) is 0 Å². The maximum Gasteiger partial charge on any atom is 0.260 e. The largest absolute Gasteiger partial charge is 0.386 e. The Morgan fingerprint density at radius 1 is 1.22 bits per heavy atom. The minimum absolute atomic E-state index is 0.106. The van der Waals surface area contributed by atoms with Crippen LogP contribution in [0.4, 0.5) is 0 Å². The molecule has 0 radical (unpaired) electrons. The van der Waals surface area contributed by atoms with Crippen molar-refractivity contribution in [3.63, 3.8) is 0 Å². The van der Waals surface area contributed by atoms with Crippen LogP contribution in [-0.2, 0) is 9.63 Å². The average Bonchev–Trinajstić information content (AvgIpc) is 2.59. The SMILES string of the molecule is CC(CNC(=O)CO/N=C/c1ccc(Cl)cc1)c1ccccc1. The van der Waals surface area contributed by atoms with Crippen LogP contribution in [0, 0.1) is 0 Å². The third kappa shape index (κ3) is 6.12. The van der Waals surface area contributed by atoms with E-state index >= 15 is 0 Å². The minimum atomic E-state index is -0.193. The Kier molecular flexibility index (Phi) is 6.63. The summed E-state index contributed by atoms with van der Waals surface area (Å²) in [7, 11) is 0. The fourth-order valence-corrected chi connectivity index (χ4v) is 2.09. The fraction of sp³-hybridized carbons (Fsp3) is 0.222. The molecule has 0 spiro atoms. The zero-order chi connectivity index (χ0) is 16.5. The molecular weight excluding hydrogens is 312 g/mol. The van der Waals surface area contributed by atoms with Crippen LogP contribution < -0.4 is 5.32 Å².